The van der Waals surface area contributed by atoms with Gasteiger partial charge < -0.3 is 30.2 Å². The Morgan fingerprint density at radius 2 is 1.75 bits per heavy atom. The van der Waals surface area contributed by atoms with Crippen molar-refractivity contribution < 1.29 is 28.6 Å². The summed E-state index contributed by atoms with van der Waals surface area (Å²) in [6.45, 7) is 3.68. The van der Waals surface area contributed by atoms with Crippen LogP contribution in [0.3, 0.4) is 0 Å². The number of carbonyl (C=O) groups excluding carboxylic acids is 3. The van der Waals surface area contributed by atoms with E-state index in [9.17, 15) is 14.4 Å². The number of allylic oxidation sites excluding steroid dienone is 2. The van der Waals surface area contributed by atoms with Crippen LogP contribution in [0.1, 0.15) is 37.7 Å². The number of benzene rings is 2. The van der Waals surface area contributed by atoms with E-state index < -0.39 is 11.5 Å². The highest BCUT2D eigenvalue weighted by Crippen LogP contribution is 2.36. The molecule has 234 valence electrons. The fraction of sp³-hybridized carbons (Fsp3) is 0.500. The van der Waals surface area contributed by atoms with Crippen LogP contribution in [0.25, 0.3) is 0 Å². The largest absolute Gasteiger partial charge is 0.486 e. The summed E-state index contributed by atoms with van der Waals surface area (Å²) in [5.74, 6) is 1.12. The quantitative estimate of drug-likeness (QED) is 0.451. The molecule has 2 fully saturated rings. The van der Waals surface area contributed by atoms with E-state index in [4.69, 9.17) is 14.2 Å². The second-order valence-corrected chi connectivity index (χ2v) is 12.3. The van der Waals surface area contributed by atoms with Crippen molar-refractivity contribution in [3.63, 3.8) is 0 Å². The maximum atomic E-state index is 13.8. The number of ether oxygens (including phenoxy) is 3. The Balaban J connectivity index is 1.15. The molecular formula is C34H42N4O6. The van der Waals surface area contributed by atoms with Crippen LogP contribution in [0.15, 0.2) is 60.7 Å². The highest BCUT2D eigenvalue weighted by atomic mass is 16.6. The van der Waals surface area contributed by atoms with Crippen LogP contribution >= 0.6 is 0 Å². The predicted octanol–water partition coefficient (Wildman–Crippen LogP) is 3.08. The molecule has 2 saturated heterocycles. The van der Waals surface area contributed by atoms with Crippen LogP contribution in [0.5, 0.6) is 11.5 Å². The molecule has 0 unspecified atom stereocenters. The fourth-order valence-electron chi connectivity index (χ4n) is 6.72. The Morgan fingerprint density at radius 3 is 2.57 bits per heavy atom. The van der Waals surface area contributed by atoms with Gasteiger partial charge in [0.25, 0.3) is 0 Å². The van der Waals surface area contributed by atoms with Gasteiger partial charge in [0.1, 0.15) is 19.3 Å². The van der Waals surface area contributed by atoms with E-state index in [0.29, 0.717) is 82.4 Å². The van der Waals surface area contributed by atoms with Crippen molar-refractivity contribution in [3.8, 4) is 11.5 Å². The Morgan fingerprint density at radius 1 is 0.955 bits per heavy atom. The monoisotopic (exact) mass is 602 g/mol. The van der Waals surface area contributed by atoms with Crippen molar-refractivity contribution in [2.45, 2.75) is 50.6 Å². The number of amides is 3. The first-order valence-corrected chi connectivity index (χ1v) is 15.8. The van der Waals surface area contributed by atoms with Gasteiger partial charge in [0, 0.05) is 50.5 Å². The second-order valence-electron chi connectivity index (χ2n) is 12.3. The average Bonchev–Trinajstić information content (AvgIpc) is 3.04. The Labute approximate surface area is 258 Å². The summed E-state index contributed by atoms with van der Waals surface area (Å²) < 4.78 is 16.8. The van der Waals surface area contributed by atoms with Gasteiger partial charge in [0.15, 0.2) is 11.5 Å². The predicted molar refractivity (Wildman–Crippen MR) is 165 cm³/mol. The van der Waals surface area contributed by atoms with Crippen LogP contribution in [0.4, 0.5) is 5.69 Å². The molecule has 2 aromatic carbocycles. The van der Waals surface area contributed by atoms with Gasteiger partial charge in [-0.1, -0.05) is 42.5 Å². The van der Waals surface area contributed by atoms with E-state index in [1.54, 1.807) is 6.07 Å². The van der Waals surface area contributed by atoms with Crippen molar-refractivity contribution in [3.05, 3.63) is 66.2 Å². The molecule has 0 bridgehead atoms. The third kappa shape index (κ3) is 7.25. The summed E-state index contributed by atoms with van der Waals surface area (Å²) in [5, 5.41) is 9.43. The first-order valence-electron chi connectivity index (χ1n) is 15.8. The van der Waals surface area contributed by atoms with Gasteiger partial charge in [-0.2, -0.15) is 0 Å². The minimum atomic E-state index is -0.677. The van der Waals surface area contributed by atoms with Crippen molar-refractivity contribution >= 4 is 23.4 Å². The van der Waals surface area contributed by atoms with Gasteiger partial charge in [-0.15, -0.1) is 0 Å². The number of nitrogens with zero attached hydrogens (tertiary/aromatic N) is 1. The molecule has 44 heavy (non-hydrogen) atoms. The van der Waals surface area contributed by atoms with E-state index >= 15 is 0 Å². The minimum absolute atomic E-state index is 0.0594. The first-order chi connectivity index (χ1) is 21.5. The lowest BCUT2D eigenvalue weighted by atomic mass is 9.75. The first kappa shape index (κ1) is 30.1. The lowest BCUT2D eigenvalue weighted by Crippen LogP contribution is -2.58. The molecule has 2 aromatic rings. The van der Waals surface area contributed by atoms with Gasteiger partial charge in [-0.05, 0) is 55.7 Å². The molecule has 4 heterocycles. The average molecular weight is 603 g/mol. The van der Waals surface area contributed by atoms with Gasteiger partial charge >= 0.3 is 0 Å². The highest BCUT2D eigenvalue weighted by Gasteiger charge is 2.41. The van der Waals surface area contributed by atoms with Crippen LogP contribution in [-0.4, -0.2) is 80.8 Å². The molecule has 1 spiro atoms. The number of rotatable bonds is 5. The zero-order valence-electron chi connectivity index (χ0n) is 25.1. The number of hydrogen-bond acceptors (Lipinski definition) is 7. The van der Waals surface area contributed by atoms with Gasteiger partial charge in [0.05, 0.1) is 12.0 Å². The van der Waals surface area contributed by atoms with Crippen LogP contribution in [0.2, 0.25) is 0 Å². The molecule has 3 N–H and O–H groups in total. The van der Waals surface area contributed by atoms with E-state index in [-0.39, 0.29) is 36.2 Å². The fourth-order valence-corrected chi connectivity index (χ4v) is 6.72. The van der Waals surface area contributed by atoms with E-state index in [2.05, 4.69) is 33.0 Å². The third-order valence-corrected chi connectivity index (χ3v) is 9.29. The van der Waals surface area contributed by atoms with E-state index in [1.165, 1.54) is 0 Å². The van der Waals surface area contributed by atoms with E-state index in [0.717, 1.165) is 18.4 Å². The topological polar surface area (TPSA) is 118 Å². The van der Waals surface area contributed by atoms with Crippen molar-refractivity contribution in [1.29, 1.82) is 0 Å². The molecule has 0 radical (unpaired) electrons. The van der Waals surface area contributed by atoms with Gasteiger partial charge in [-0.25, -0.2) is 0 Å². The van der Waals surface area contributed by atoms with E-state index in [1.807, 2.05) is 42.5 Å². The minimum Gasteiger partial charge on any atom is -0.486 e. The maximum Gasteiger partial charge on any atom is 0.243 e. The molecule has 0 aliphatic carbocycles. The maximum absolute atomic E-state index is 13.8. The van der Waals surface area contributed by atoms with Crippen LogP contribution < -0.4 is 25.4 Å². The van der Waals surface area contributed by atoms with Crippen molar-refractivity contribution in [1.82, 2.24) is 15.5 Å². The summed E-state index contributed by atoms with van der Waals surface area (Å²) in [7, 11) is 0. The molecule has 0 aromatic heterocycles. The van der Waals surface area contributed by atoms with Crippen molar-refractivity contribution in [2.75, 3.05) is 51.4 Å². The zero-order chi connectivity index (χ0) is 30.4. The number of piperidine rings is 1. The second kappa shape index (κ2) is 13.8. The molecule has 4 aliphatic heterocycles. The normalized spacial score (nSPS) is 25.5. The third-order valence-electron chi connectivity index (χ3n) is 9.29. The molecule has 10 heteroatoms. The zero-order valence-corrected chi connectivity index (χ0v) is 25.1. The smallest absolute Gasteiger partial charge is 0.243 e. The molecule has 4 aliphatic rings. The number of anilines is 1. The molecular weight excluding hydrogens is 560 g/mol. The summed E-state index contributed by atoms with van der Waals surface area (Å²) in [6, 6.07) is 14.5. The van der Waals surface area contributed by atoms with Crippen LogP contribution in [-0.2, 0) is 25.5 Å². The molecule has 3 atom stereocenters. The SMILES string of the molecule is O=C(CN1CC[C@H]2NC(=O)[C@H](Cc3ccccc3)NC(=O)C3(CC=CC[C@H]2C1)CCOCC3)Nc1ccc2c(c1)OCCO2. The summed E-state index contributed by atoms with van der Waals surface area (Å²) >= 11 is 0. The number of carbonyl (C=O) groups is 3. The van der Waals surface area contributed by atoms with Gasteiger partial charge in [0.2, 0.25) is 17.7 Å². The molecule has 6 rings (SSSR count). The number of likely N-dealkylation sites (tertiary alicyclic amines) is 1. The molecule has 10 nitrogen and oxygen atoms in total. The summed E-state index contributed by atoms with van der Waals surface area (Å²) in [5.41, 5.74) is 1.08. The molecule has 0 saturated carbocycles. The lowest BCUT2D eigenvalue weighted by molar-refractivity contribution is -0.140. The summed E-state index contributed by atoms with van der Waals surface area (Å²) in [6.07, 6.45) is 8.03. The number of fused-ring (bicyclic) bond motifs is 2. The standard InChI is InChI=1S/C34H42N4O6/c39-31(35-26-9-10-29-30(21-26)44-19-18-43-29)23-38-15-11-27-25(22-38)8-4-5-12-34(13-16-42-17-14-34)33(41)37-28(32(40)36-27)20-24-6-2-1-3-7-24/h1-7,9-10,21,25,27-28H,8,11-20,22-23H2,(H,35,39)(H,36,40)(H,37,41)/t25-,27+,28-/m0/s1. The highest BCUT2D eigenvalue weighted by molar-refractivity contribution is 5.93. The number of nitrogens with one attached hydrogen (secondary N) is 3. The lowest BCUT2D eigenvalue weighted by Gasteiger charge is -2.40. The van der Waals surface area contributed by atoms with Gasteiger partial charge in [-0.3, -0.25) is 19.3 Å². The Hall–Kier alpha value is -3.89. The number of hydrogen-bond donors (Lipinski definition) is 3. The van der Waals surface area contributed by atoms with Crippen molar-refractivity contribution in [2.24, 2.45) is 11.3 Å². The molecule has 3 amide bonds. The Bertz CT molecular complexity index is 1360. The Kier molecular flexibility index (Phi) is 9.47. The summed E-state index contributed by atoms with van der Waals surface area (Å²) in [4.78, 5) is 42.7. The van der Waals surface area contributed by atoms with Crippen LogP contribution in [0, 0.1) is 11.3 Å².